The lowest BCUT2D eigenvalue weighted by Crippen LogP contribution is -2.81. The van der Waals surface area contributed by atoms with E-state index in [2.05, 4.69) is 26.0 Å². The second kappa shape index (κ2) is 3.23. The van der Waals surface area contributed by atoms with Crippen LogP contribution in [0.25, 0.3) is 0 Å². The fraction of sp³-hybridized carbons (Fsp3) is 0.870. The molecule has 0 amide bonds. The van der Waals surface area contributed by atoms with Crippen LogP contribution in [0.5, 0.6) is 0 Å². The smallest absolute Gasteiger partial charge is 0.147 e. The summed E-state index contributed by atoms with van der Waals surface area (Å²) in [4.78, 5) is 12.7. The molecule has 6 bridgehead atoms. The maximum atomic E-state index is 12.7. The van der Waals surface area contributed by atoms with Crippen LogP contribution in [-0.2, 0) is 4.79 Å². The molecule has 0 aromatic heterocycles. The summed E-state index contributed by atoms with van der Waals surface area (Å²) in [6.45, 7) is 5.44. The van der Waals surface area contributed by atoms with E-state index in [4.69, 9.17) is 0 Å². The van der Waals surface area contributed by atoms with E-state index in [9.17, 15) is 4.79 Å². The molecule has 0 aliphatic heterocycles. The molecule has 0 unspecified atom stereocenters. The highest BCUT2D eigenvalue weighted by Gasteiger charge is 2.90. The van der Waals surface area contributed by atoms with Gasteiger partial charge in [0.25, 0.3) is 0 Å². The number of hydrogen-bond donors (Lipinski definition) is 0. The van der Waals surface area contributed by atoms with Gasteiger partial charge < -0.3 is 0 Å². The number of carbonyl (C=O) groups is 1. The van der Waals surface area contributed by atoms with Crippen molar-refractivity contribution in [3.63, 3.8) is 0 Å². The van der Waals surface area contributed by atoms with Gasteiger partial charge in [0.2, 0.25) is 0 Å². The van der Waals surface area contributed by atoms with Crippen molar-refractivity contribution in [3.8, 4) is 0 Å². The molecule has 0 radical (unpaired) electrons. The van der Waals surface area contributed by atoms with E-state index in [-0.39, 0.29) is 0 Å². The van der Waals surface area contributed by atoms with E-state index in [1.54, 1.807) is 19.3 Å². The van der Waals surface area contributed by atoms with Crippen LogP contribution in [0.2, 0.25) is 0 Å². The third kappa shape index (κ3) is 0.850. The summed E-state index contributed by atoms with van der Waals surface area (Å²) in [6.07, 6.45) is 10.8. The van der Waals surface area contributed by atoms with Crippen LogP contribution in [0.15, 0.2) is 12.2 Å². The molecule has 8 rings (SSSR count). The normalized spacial score (nSPS) is 77.2. The second-order valence-electron chi connectivity index (χ2n) is 11.6. The standard InChI is InChI=1S/C23H28O/c1-22-17-9-3-4-10(7-9)18(17)23(22,2)20-14-8-13(19(20)22)15-11-5-6-12(16(14)15)21(11)24/h5-6,9-20H,3-4,7-8H2,1-2H3/t9-,10+,11+,12-,13-,14+,15+,16-,17+,18-,19-,20+,22+,23-. The first-order valence-electron chi connectivity index (χ1n) is 10.8. The number of fused-ring (bicyclic) bond motifs is 22. The van der Waals surface area contributed by atoms with E-state index in [1.807, 2.05) is 0 Å². The number of allylic oxidation sites excluding steroid dienone is 2. The van der Waals surface area contributed by atoms with Crippen molar-refractivity contribution in [2.45, 2.75) is 39.5 Å². The highest BCUT2D eigenvalue weighted by Crippen LogP contribution is 2.94. The minimum absolute atomic E-state index is 0.335. The lowest BCUT2D eigenvalue weighted by molar-refractivity contribution is -0.382. The minimum Gasteiger partial charge on any atom is -0.298 e. The van der Waals surface area contributed by atoms with Gasteiger partial charge in [-0.2, -0.15) is 0 Å². The molecule has 0 aromatic rings. The third-order valence-corrected chi connectivity index (χ3v) is 12.1. The Hall–Kier alpha value is -0.590. The van der Waals surface area contributed by atoms with E-state index < -0.39 is 0 Å². The van der Waals surface area contributed by atoms with Gasteiger partial charge in [0, 0.05) is 11.8 Å². The second-order valence-corrected chi connectivity index (χ2v) is 11.6. The molecular weight excluding hydrogens is 292 g/mol. The Morgan fingerprint density at radius 1 is 0.792 bits per heavy atom. The molecule has 0 saturated heterocycles. The highest BCUT2D eigenvalue weighted by molar-refractivity contribution is 5.92. The van der Waals surface area contributed by atoms with Gasteiger partial charge in [-0.15, -0.1) is 0 Å². The quantitative estimate of drug-likeness (QED) is 0.483. The Balaban J connectivity index is 1.28. The first-order chi connectivity index (χ1) is 11.6. The summed E-state index contributed by atoms with van der Waals surface area (Å²) in [7, 11) is 0. The van der Waals surface area contributed by atoms with Crippen molar-refractivity contribution >= 4 is 5.78 Å². The van der Waals surface area contributed by atoms with E-state index in [0.29, 0.717) is 28.4 Å². The van der Waals surface area contributed by atoms with Gasteiger partial charge in [-0.05, 0) is 95.7 Å². The maximum absolute atomic E-state index is 12.7. The number of rotatable bonds is 0. The van der Waals surface area contributed by atoms with Crippen molar-refractivity contribution in [1.29, 1.82) is 0 Å². The van der Waals surface area contributed by atoms with Crippen LogP contribution in [0.3, 0.4) is 0 Å². The summed E-state index contributed by atoms with van der Waals surface area (Å²) >= 11 is 0. The Morgan fingerprint density at radius 2 is 1.29 bits per heavy atom. The zero-order valence-electron chi connectivity index (χ0n) is 14.8. The van der Waals surface area contributed by atoms with E-state index in [1.165, 1.54) is 6.42 Å². The number of Topliss-reactive ketones (excluding diaryl/α,β-unsaturated/α-hetero) is 1. The summed E-state index contributed by atoms with van der Waals surface area (Å²) < 4.78 is 0. The first kappa shape index (κ1) is 12.7. The predicted octanol–water partition coefficient (Wildman–Crippen LogP) is 4.19. The lowest BCUT2D eigenvalue weighted by Gasteiger charge is -2.85. The van der Waals surface area contributed by atoms with Crippen molar-refractivity contribution in [2.75, 3.05) is 0 Å². The van der Waals surface area contributed by atoms with Crippen LogP contribution in [0.1, 0.15) is 39.5 Å². The average molecular weight is 320 g/mol. The van der Waals surface area contributed by atoms with Crippen molar-refractivity contribution in [3.05, 3.63) is 12.2 Å². The van der Waals surface area contributed by atoms with Gasteiger partial charge in [-0.3, -0.25) is 4.79 Å². The molecule has 0 N–H and O–H groups in total. The van der Waals surface area contributed by atoms with E-state index >= 15 is 0 Å². The van der Waals surface area contributed by atoms with Crippen molar-refractivity contribution in [2.24, 2.45) is 81.8 Å². The van der Waals surface area contributed by atoms with Crippen LogP contribution >= 0.6 is 0 Å². The zero-order chi connectivity index (χ0) is 15.7. The first-order valence-corrected chi connectivity index (χ1v) is 10.8. The molecule has 126 valence electrons. The molecule has 8 aliphatic carbocycles. The number of hydrogen-bond acceptors (Lipinski definition) is 1. The number of carbonyl (C=O) groups excluding carboxylic acids is 1. The Kier molecular flexibility index (Phi) is 1.71. The van der Waals surface area contributed by atoms with Gasteiger partial charge in [-0.1, -0.05) is 26.0 Å². The lowest BCUT2D eigenvalue weighted by atomic mass is 9.19. The van der Waals surface area contributed by atoms with Gasteiger partial charge in [0.15, 0.2) is 0 Å². The zero-order valence-corrected chi connectivity index (χ0v) is 14.8. The summed E-state index contributed by atoms with van der Waals surface area (Å²) in [5.74, 6) is 10.9. The molecule has 0 heterocycles. The Bertz CT molecular complexity index is 693. The fourth-order valence-corrected chi connectivity index (χ4v) is 12.1. The van der Waals surface area contributed by atoms with Gasteiger partial charge in [-0.25, -0.2) is 0 Å². The molecule has 0 spiro atoms. The van der Waals surface area contributed by atoms with Crippen LogP contribution in [0.4, 0.5) is 0 Å². The Morgan fingerprint density at radius 3 is 1.79 bits per heavy atom. The molecule has 14 atom stereocenters. The van der Waals surface area contributed by atoms with Crippen LogP contribution in [-0.4, -0.2) is 5.78 Å². The molecule has 0 aromatic carbocycles. The van der Waals surface area contributed by atoms with E-state index in [0.717, 1.165) is 59.2 Å². The third-order valence-electron chi connectivity index (χ3n) is 12.1. The maximum Gasteiger partial charge on any atom is 0.147 e. The minimum atomic E-state index is 0.335. The summed E-state index contributed by atoms with van der Waals surface area (Å²) in [5.41, 5.74) is 1.31. The summed E-state index contributed by atoms with van der Waals surface area (Å²) in [5, 5.41) is 0. The fourth-order valence-electron chi connectivity index (χ4n) is 12.1. The molecule has 7 saturated carbocycles. The largest absolute Gasteiger partial charge is 0.298 e. The molecule has 1 nitrogen and oxygen atoms in total. The van der Waals surface area contributed by atoms with Crippen molar-refractivity contribution in [1.82, 2.24) is 0 Å². The summed E-state index contributed by atoms with van der Waals surface area (Å²) in [6, 6.07) is 0. The highest BCUT2D eigenvalue weighted by atomic mass is 16.1. The SMILES string of the molecule is C[C@]12[C@@H]3[C@@H]4C[C@@H]([C@@H]5[C@H]4[C@@H]4C=C[C@H]5C4=O)[C@@H]3[C@@]1(C)[C@@H]1[C@H]3CC[C@H](C3)[C@@H]12. The Labute approximate surface area is 144 Å². The van der Waals surface area contributed by atoms with Gasteiger partial charge in [0.05, 0.1) is 0 Å². The molecule has 24 heavy (non-hydrogen) atoms. The average Bonchev–Trinajstić information content (AvgIpc) is 3.39. The van der Waals surface area contributed by atoms with Gasteiger partial charge >= 0.3 is 0 Å². The molecule has 8 aliphatic rings. The molecule has 7 fully saturated rings. The van der Waals surface area contributed by atoms with Gasteiger partial charge in [0.1, 0.15) is 5.78 Å². The molecule has 1 heteroatoms. The van der Waals surface area contributed by atoms with Crippen molar-refractivity contribution < 1.29 is 4.79 Å². The number of ketones is 1. The van der Waals surface area contributed by atoms with Crippen LogP contribution < -0.4 is 0 Å². The topological polar surface area (TPSA) is 17.1 Å². The molecular formula is C23H28O. The monoisotopic (exact) mass is 320 g/mol. The predicted molar refractivity (Wildman–Crippen MR) is 90.7 cm³/mol. The van der Waals surface area contributed by atoms with Crippen LogP contribution in [0, 0.1) is 81.8 Å².